The van der Waals surface area contributed by atoms with Gasteiger partial charge in [0.25, 0.3) is 0 Å². The van der Waals surface area contributed by atoms with Gasteiger partial charge in [0, 0.05) is 23.8 Å². The van der Waals surface area contributed by atoms with E-state index < -0.39 is 0 Å². The molecule has 2 fully saturated rings. The molecule has 2 aliphatic carbocycles. The average molecular weight is 286 g/mol. The highest BCUT2D eigenvalue weighted by atomic mass is 16.1. The van der Waals surface area contributed by atoms with E-state index in [2.05, 4.69) is 22.8 Å². The maximum absolute atomic E-state index is 12.2. The molecule has 2 saturated carbocycles. The van der Waals surface area contributed by atoms with Crippen LogP contribution in [0.4, 0.5) is 11.4 Å². The van der Waals surface area contributed by atoms with Crippen molar-refractivity contribution < 1.29 is 4.79 Å². The highest BCUT2D eigenvalue weighted by Crippen LogP contribution is 2.27. The second kappa shape index (κ2) is 6.97. The van der Waals surface area contributed by atoms with Crippen LogP contribution in [0.3, 0.4) is 0 Å². The molecule has 0 bridgehead atoms. The first kappa shape index (κ1) is 14.4. The number of carbonyl (C=O) groups excluding carboxylic acids is 1. The molecule has 1 aromatic carbocycles. The lowest BCUT2D eigenvalue weighted by atomic mass is 10.1. The molecular formula is C18H26N2O. The number of amides is 1. The lowest BCUT2D eigenvalue weighted by Gasteiger charge is -2.14. The molecule has 0 saturated heterocycles. The van der Waals surface area contributed by atoms with Gasteiger partial charge in [-0.2, -0.15) is 0 Å². The van der Waals surface area contributed by atoms with E-state index in [9.17, 15) is 4.79 Å². The molecule has 2 N–H and O–H groups in total. The lowest BCUT2D eigenvalue weighted by molar-refractivity contribution is -0.119. The van der Waals surface area contributed by atoms with E-state index in [0.717, 1.165) is 36.7 Å². The third-order valence-electron chi connectivity index (χ3n) is 4.93. The molecule has 0 unspecified atom stereocenters. The number of anilines is 2. The van der Waals surface area contributed by atoms with E-state index in [1.54, 1.807) is 0 Å². The second-order valence-electron chi connectivity index (χ2n) is 6.58. The van der Waals surface area contributed by atoms with Crippen LogP contribution < -0.4 is 10.6 Å². The summed E-state index contributed by atoms with van der Waals surface area (Å²) in [6, 6.07) is 8.14. The van der Waals surface area contributed by atoms with Gasteiger partial charge >= 0.3 is 0 Å². The number of hydrogen-bond acceptors (Lipinski definition) is 2. The molecule has 3 nitrogen and oxygen atoms in total. The van der Waals surface area contributed by atoms with Crippen LogP contribution in [0.2, 0.25) is 0 Å². The monoisotopic (exact) mass is 286 g/mol. The fourth-order valence-corrected chi connectivity index (χ4v) is 3.62. The summed E-state index contributed by atoms with van der Waals surface area (Å²) in [5.41, 5.74) is 2.04. The van der Waals surface area contributed by atoms with Crippen LogP contribution in [0.1, 0.15) is 51.4 Å². The van der Waals surface area contributed by atoms with Gasteiger partial charge in [-0.1, -0.05) is 31.7 Å². The van der Waals surface area contributed by atoms with Crippen molar-refractivity contribution >= 4 is 17.3 Å². The zero-order valence-corrected chi connectivity index (χ0v) is 12.7. The zero-order chi connectivity index (χ0) is 14.5. The van der Waals surface area contributed by atoms with Gasteiger partial charge in [-0.3, -0.25) is 4.79 Å². The summed E-state index contributed by atoms with van der Waals surface area (Å²) in [4.78, 5) is 12.2. The van der Waals surface area contributed by atoms with E-state index in [1.807, 2.05) is 12.1 Å². The Bertz CT molecular complexity index is 474. The number of benzene rings is 1. The molecule has 21 heavy (non-hydrogen) atoms. The van der Waals surface area contributed by atoms with Crippen molar-refractivity contribution in [3.05, 3.63) is 24.3 Å². The van der Waals surface area contributed by atoms with E-state index in [4.69, 9.17) is 0 Å². The van der Waals surface area contributed by atoms with Crippen molar-refractivity contribution in [3.63, 3.8) is 0 Å². The summed E-state index contributed by atoms with van der Waals surface area (Å²) in [5, 5.41) is 6.59. The van der Waals surface area contributed by atoms with E-state index >= 15 is 0 Å². The van der Waals surface area contributed by atoms with Gasteiger partial charge in [-0.05, 0) is 49.8 Å². The molecule has 0 aliphatic heterocycles. The van der Waals surface area contributed by atoms with Crippen LogP contribution in [-0.4, -0.2) is 12.5 Å². The van der Waals surface area contributed by atoms with Gasteiger partial charge in [0.1, 0.15) is 0 Å². The molecule has 3 heteroatoms. The Morgan fingerprint density at radius 3 is 2.43 bits per heavy atom. The quantitative estimate of drug-likeness (QED) is 0.841. The van der Waals surface area contributed by atoms with E-state index in [0.29, 0.717) is 0 Å². The van der Waals surface area contributed by atoms with Crippen molar-refractivity contribution in [1.82, 2.24) is 0 Å². The van der Waals surface area contributed by atoms with Gasteiger partial charge in [0.15, 0.2) is 0 Å². The molecule has 2 aliphatic rings. The Hall–Kier alpha value is -1.51. The molecule has 0 atom stereocenters. The minimum atomic E-state index is 0.195. The summed E-state index contributed by atoms with van der Waals surface area (Å²) in [7, 11) is 0. The molecule has 1 aromatic rings. The van der Waals surface area contributed by atoms with Crippen LogP contribution in [0.5, 0.6) is 0 Å². The van der Waals surface area contributed by atoms with Gasteiger partial charge in [-0.15, -0.1) is 0 Å². The smallest absolute Gasteiger partial charge is 0.227 e. The summed E-state index contributed by atoms with van der Waals surface area (Å²) in [6.07, 6.45) is 9.95. The van der Waals surface area contributed by atoms with Crippen LogP contribution in [-0.2, 0) is 4.79 Å². The molecule has 1 amide bonds. The van der Waals surface area contributed by atoms with E-state index in [-0.39, 0.29) is 11.8 Å². The van der Waals surface area contributed by atoms with Gasteiger partial charge in [-0.25, -0.2) is 0 Å². The molecule has 0 aromatic heterocycles. The fraction of sp³-hybridized carbons (Fsp3) is 0.611. The molecule has 3 rings (SSSR count). The molecule has 114 valence electrons. The summed E-state index contributed by atoms with van der Waals surface area (Å²) >= 11 is 0. The normalized spacial score (nSPS) is 19.8. The third-order valence-corrected chi connectivity index (χ3v) is 4.93. The van der Waals surface area contributed by atoms with Crippen molar-refractivity contribution in [2.45, 2.75) is 51.4 Å². The average Bonchev–Trinajstić information content (AvgIpc) is 3.19. The Morgan fingerprint density at radius 1 is 1.00 bits per heavy atom. The Morgan fingerprint density at radius 2 is 1.67 bits per heavy atom. The first-order valence-corrected chi connectivity index (χ1v) is 8.46. The first-order valence-electron chi connectivity index (χ1n) is 8.46. The minimum absolute atomic E-state index is 0.195. The van der Waals surface area contributed by atoms with Crippen LogP contribution >= 0.6 is 0 Å². The van der Waals surface area contributed by atoms with Crippen LogP contribution in [0, 0.1) is 11.8 Å². The maximum Gasteiger partial charge on any atom is 0.227 e. The first-order chi connectivity index (χ1) is 10.3. The number of nitrogens with one attached hydrogen (secondary N) is 2. The number of carbonyl (C=O) groups is 1. The Balaban J connectivity index is 1.53. The number of hydrogen-bond donors (Lipinski definition) is 2. The summed E-state index contributed by atoms with van der Waals surface area (Å²) < 4.78 is 0. The molecule has 0 spiro atoms. The minimum Gasteiger partial charge on any atom is -0.385 e. The maximum atomic E-state index is 12.2. The Labute approximate surface area is 127 Å². The lowest BCUT2D eigenvalue weighted by Crippen LogP contribution is -2.20. The molecule has 0 heterocycles. The molecule has 0 radical (unpaired) electrons. The highest BCUT2D eigenvalue weighted by Gasteiger charge is 2.22. The largest absolute Gasteiger partial charge is 0.385 e. The standard InChI is InChI=1S/C18H26N2O/c21-18(15-8-3-4-9-15)20-17-11-5-10-16(12-17)19-13-14-6-1-2-7-14/h5,10-12,14-15,19H,1-4,6-9,13H2,(H,20,21). The van der Waals surface area contributed by atoms with Crippen molar-refractivity contribution in [3.8, 4) is 0 Å². The third kappa shape index (κ3) is 3.99. The van der Waals surface area contributed by atoms with Gasteiger partial charge in [0.05, 0.1) is 0 Å². The van der Waals surface area contributed by atoms with Gasteiger partial charge < -0.3 is 10.6 Å². The van der Waals surface area contributed by atoms with Crippen molar-refractivity contribution in [1.29, 1.82) is 0 Å². The Kier molecular flexibility index (Phi) is 4.79. The predicted octanol–water partition coefficient (Wildman–Crippen LogP) is 4.42. The summed E-state index contributed by atoms with van der Waals surface area (Å²) in [5.74, 6) is 1.24. The zero-order valence-electron chi connectivity index (χ0n) is 12.7. The number of rotatable bonds is 5. The second-order valence-corrected chi connectivity index (χ2v) is 6.58. The predicted molar refractivity (Wildman–Crippen MR) is 87.5 cm³/mol. The van der Waals surface area contributed by atoms with Crippen LogP contribution in [0.25, 0.3) is 0 Å². The topological polar surface area (TPSA) is 41.1 Å². The summed E-state index contributed by atoms with van der Waals surface area (Å²) in [6.45, 7) is 1.06. The van der Waals surface area contributed by atoms with Crippen LogP contribution in [0.15, 0.2) is 24.3 Å². The van der Waals surface area contributed by atoms with E-state index in [1.165, 1.54) is 38.5 Å². The van der Waals surface area contributed by atoms with Crippen molar-refractivity contribution in [2.24, 2.45) is 11.8 Å². The fourth-order valence-electron chi connectivity index (χ4n) is 3.62. The van der Waals surface area contributed by atoms with Crippen molar-refractivity contribution in [2.75, 3.05) is 17.2 Å². The molecular weight excluding hydrogens is 260 g/mol. The SMILES string of the molecule is O=C(Nc1cccc(NCC2CCCC2)c1)C1CCCC1. The van der Waals surface area contributed by atoms with Gasteiger partial charge in [0.2, 0.25) is 5.91 Å². The highest BCUT2D eigenvalue weighted by molar-refractivity contribution is 5.93.